The van der Waals surface area contributed by atoms with E-state index in [2.05, 4.69) is 0 Å². The zero-order valence-electron chi connectivity index (χ0n) is 10.7. The number of halogens is 12. The van der Waals surface area contributed by atoms with E-state index in [1.54, 1.807) is 0 Å². The summed E-state index contributed by atoms with van der Waals surface area (Å²) in [6.45, 7) is 0.876. The van der Waals surface area contributed by atoms with E-state index in [4.69, 9.17) is 0 Å². The normalized spacial score (nSPS) is 19.0. The van der Waals surface area contributed by atoms with E-state index in [1.165, 1.54) is 0 Å². The van der Waals surface area contributed by atoms with E-state index in [0.717, 1.165) is 6.92 Å². The molecule has 0 saturated heterocycles. The third-order valence-electron chi connectivity index (χ3n) is 2.76. The lowest BCUT2D eigenvalue weighted by molar-refractivity contribution is -0.312. The molecule has 2 atom stereocenters. The molecular weight excluding hydrogens is 348 g/mol. The third kappa shape index (κ3) is 4.34. The molecule has 0 amide bonds. The van der Waals surface area contributed by atoms with E-state index in [9.17, 15) is 52.7 Å². The second kappa shape index (κ2) is 6.34. The molecule has 0 bridgehead atoms. The van der Waals surface area contributed by atoms with Crippen LogP contribution in [-0.2, 0) is 0 Å². The standard InChI is InChI=1S/C10H10F12/c1-2-3-4(7(13,14)5(11)9(17,18)19)8(15,16)6(12)10(20,21)22/h4-6H,2-3H2,1H3. The SMILES string of the molecule is CCCC(C(F)(F)C(F)C(F)(F)F)C(F)(F)C(F)C(F)(F)F. The summed E-state index contributed by atoms with van der Waals surface area (Å²) in [5.74, 6) is -16.0. The maximum Gasteiger partial charge on any atom is 0.425 e. The molecule has 0 aromatic heterocycles. The summed E-state index contributed by atoms with van der Waals surface area (Å²) in [6.07, 6.45) is -25.3. The van der Waals surface area contributed by atoms with Crippen molar-refractivity contribution in [2.45, 2.75) is 56.3 Å². The largest absolute Gasteiger partial charge is 0.425 e. The van der Waals surface area contributed by atoms with Crippen LogP contribution < -0.4 is 0 Å². The molecule has 0 nitrogen and oxygen atoms in total. The van der Waals surface area contributed by atoms with Gasteiger partial charge in [0.05, 0.1) is 5.92 Å². The van der Waals surface area contributed by atoms with Crippen LogP contribution in [0.5, 0.6) is 0 Å². The molecule has 0 aliphatic carbocycles. The van der Waals surface area contributed by atoms with Crippen molar-refractivity contribution in [3.63, 3.8) is 0 Å². The van der Waals surface area contributed by atoms with Gasteiger partial charge in [0, 0.05) is 0 Å². The summed E-state index contributed by atoms with van der Waals surface area (Å²) in [5.41, 5.74) is 0. The summed E-state index contributed by atoms with van der Waals surface area (Å²) in [6, 6.07) is 0. The summed E-state index contributed by atoms with van der Waals surface area (Å²) in [4.78, 5) is 0. The molecule has 134 valence electrons. The number of alkyl halides is 12. The molecule has 0 aromatic carbocycles. The average molecular weight is 358 g/mol. The van der Waals surface area contributed by atoms with Crippen molar-refractivity contribution < 1.29 is 52.7 Å². The highest BCUT2D eigenvalue weighted by Crippen LogP contribution is 2.51. The predicted molar refractivity (Wildman–Crippen MR) is 50.2 cm³/mol. The Morgan fingerprint density at radius 2 is 0.909 bits per heavy atom. The van der Waals surface area contributed by atoms with E-state index >= 15 is 0 Å². The zero-order chi connectivity index (χ0) is 18.1. The minimum Gasteiger partial charge on any atom is -0.231 e. The van der Waals surface area contributed by atoms with Gasteiger partial charge < -0.3 is 0 Å². The Labute approximate surface area is 116 Å². The average Bonchev–Trinajstić information content (AvgIpc) is 2.31. The zero-order valence-corrected chi connectivity index (χ0v) is 10.7. The van der Waals surface area contributed by atoms with Crippen molar-refractivity contribution >= 4 is 0 Å². The monoisotopic (exact) mass is 358 g/mol. The van der Waals surface area contributed by atoms with E-state index in [0.29, 0.717) is 0 Å². The fourth-order valence-corrected chi connectivity index (χ4v) is 1.72. The van der Waals surface area contributed by atoms with E-state index in [1.807, 2.05) is 0 Å². The molecule has 0 rings (SSSR count). The molecule has 12 heteroatoms. The van der Waals surface area contributed by atoms with Crippen LogP contribution in [0.15, 0.2) is 0 Å². The van der Waals surface area contributed by atoms with Gasteiger partial charge in [0.15, 0.2) is 0 Å². The highest BCUT2D eigenvalue weighted by atomic mass is 19.4. The lowest BCUT2D eigenvalue weighted by Crippen LogP contribution is -2.57. The molecule has 0 heterocycles. The minimum absolute atomic E-state index is 0.745. The minimum atomic E-state index is -6.30. The van der Waals surface area contributed by atoms with Gasteiger partial charge in [-0.05, 0) is 6.42 Å². The molecule has 0 N–H and O–H groups in total. The Hall–Kier alpha value is -0.840. The van der Waals surface area contributed by atoms with Gasteiger partial charge in [-0.2, -0.15) is 26.3 Å². The first kappa shape index (κ1) is 21.2. The fourth-order valence-electron chi connectivity index (χ4n) is 1.72. The number of hydrogen-bond acceptors (Lipinski definition) is 0. The van der Waals surface area contributed by atoms with Crippen LogP contribution in [0.3, 0.4) is 0 Å². The fraction of sp³-hybridized carbons (Fsp3) is 1.00. The van der Waals surface area contributed by atoms with Crippen LogP contribution in [0.4, 0.5) is 52.7 Å². The van der Waals surface area contributed by atoms with Crippen molar-refractivity contribution in [3.8, 4) is 0 Å². The molecule has 0 saturated carbocycles. The topological polar surface area (TPSA) is 0 Å². The van der Waals surface area contributed by atoms with Crippen molar-refractivity contribution in [1.82, 2.24) is 0 Å². The van der Waals surface area contributed by atoms with E-state index < -0.39 is 55.3 Å². The Morgan fingerprint density at radius 3 is 1.09 bits per heavy atom. The molecule has 0 aliphatic heterocycles. The van der Waals surface area contributed by atoms with Crippen LogP contribution in [0.2, 0.25) is 0 Å². The Morgan fingerprint density at radius 1 is 0.636 bits per heavy atom. The second-order valence-corrected chi connectivity index (χ2v) is 4.50. The predicted octanol–water partition coefficient (Wildman–Crippen LogP) is 5.47. The summed E-state index contributed by atoms with van der Waals surface area (Å²) >= 11 is 0. The summed E-state index contributed by atoms with van der Waals surface area (Å²) < 4.78 is 150. The first-order chi connectivity index (χ1) is 9.50. The quantitative estimate of drug-likeness (QED) is 0.552. The van der Waals surface area contributed by atoms with Gasteiger partial charge in [-0.1, -0.05) is 13.3 Å². The van der Waals surface area contributed by atoms with Crippen LogP contribution >= 0.6 is 0 Å². The first-order valence-corrected chi connectivity index (χ1v) is 5.67. The second-order valence-electron chi connectivity index (χ2n) is 4.50. The Bertz CT molecular complexity index is 322. The smallest absolute Gasteiger partial charge is 0.231 e. The van der Waals surface area contributed by atoms with Gasteiger partial charge in [-0.25, -0.2) is 26.3 Å². The van der Waals surface area contributed by atoms with Gasteiger partial charge in [-0.3, -0.25) is 0 Å². The van der Waals surface area contributed by atoms with E-state index in [-0.39, 0.29) is 0 Å². The molecule has 0 aromatic rings. The van der Waals surface area contributed by atoms with Gasteiger partial charge in [0.1, 0.15) is 0 Å². The molecule has 0 aliphatic rings. The highest BCUT2D eigenvalue weighted by Gasteiger charge is 2.71. The third-order valence-corrected chi connectivity index (χ3v) is 2.76. The molecule has 22 heavy (non-hydrogen) atoms. The number of hydrogen-bond donors (Lipinski definition) is 0. The van der Waals surface area contributed by atoms with Crippen molar-refractivity contribution in [2.24, 2.45) is 5.92 Å². The first-order valence-electron chi connectivity index (χ1n) is 5.67. The van der Waals surface area contributed by atoms with Crippen molar-refractivity contribution in [2.75, 3.05) is 0 Å². The van der Waals surface area contributed by atoms with Crippen LogP contribution in [0.1, 0.15) is 19.8 Å². The summed E-state index contributed by atoms with van der Waals surface area (Å²) in [7, 11) is 0. The maximum absolute atomic E-state index is 13.3. The van der Waals surface area contributed by atoms with Crippen LogP contribution in [-0.4, -0.2) is 36.5 Å². The molecule has 0 radical (unpaired) electrons. The summed E-state index contributed by atoms with van der Waals surface area (Å²) in [5, 5.41) is 0. The van der Waals surface area contributed by atoms with Gasteiger partial charge in [-0.15, -0.1) is 0 Å². The lowest BCUT2D eigenvalue weighted by Gasteiger charge is -2.36. The molecule has 0 spiro atoms. The van der Waals surface area contributed by atoms with Gasteiger partial charge in [0.25, 0.3) is 24.2 Å². The highest BCUT2D eigenvalue weighted by molar-refractivity contribution is 4.99. The molecule has 2 unspecified atom stereocenters. The van der Waals surface area contributed by atoms with Crippen molar-refractivity contribution in [1.29, 1.82) is 0 Å². The lowest BCUT2D eigenvalue weighted by atomic mass is 9.84. The van der Waals surface area contributed by atoms with Gasteiger partial charge >= 0.3 is 12.4 Å². The number of rotatable bonds is 6. The Balaban J connectivity index is 5.81. The van der Waals surface area contributed by atoms with Gasteiger partial charge in [0.2, 0.25) is 0 Å². The molecule has 0 fully saturated rings. The Kier molecular flexibility index (Phi) is 6.10. The molecular formula is C10H10F12. The van der Waals surface area contributed by atoms with Crippen molar-refractivity contribution in [3.05, 3.63) is 0 Å². The van der Waals surface area contributed by atoms with Crippen LogP contribution in [0.25, 0.3) is 0 Å². The van der Waals surface area contributed by atoms with Crippen LogP contribution in [0, 0.1) is 5.92 Å². The maximum atomic E-state index is 13.3.